The molecule has 0 aliphatic heterocycles. The highest BCUT2D eigenvalue weighted by Gasteiger charge is 2.28. The topological polar surface area (TPSA) is 111 Å². The lowest BCUT2D eigenvalue weighted by Gasteiger charge is -2.19. The van der Waals surface area contributed by atoms with Gasteiger partial charge in [-0.3, -0.25) is 4.79 Å². The van der Waals surface area contributed by atoms with Crippen LogP contribution in [0.4, 0.5) is 0 Å². The summed E-state index contributed by atoms with van der Waals surface area (Å²) in [5, 5.41) is 18.4. The average Bonchev–Trinajstić information content (AvgIpc) is 3.34. The highest BCUT2D eigenvalue weighted by Crippen LogP contribution is 2.43. The first kappa shape index (κ1) is 24.1. The van der Waals surface area contributed by atoms with E-state index >= 15 is 0 Å². The van der Waals surface area contributed by atoms with Crippen molar-refractivity contribution >= 4 is 29.7 Å². The molecule has 0 unspecified atom stereocenters. The number of nitrogens with zero attached hydrogens (tertiary/aromatic N) is 3. The molecule has 0 spiro atoms. The molecule has 4 aromatic rings. The van der Waals surface area contributed by atoms with Crippen LogP contribution >= 0.6 is 7.14 Å². The first-order chi connectivity index (χ1) is 16.9. The first-order valence-corrected chi connectivity index (χ1v) is 12.9. The lowest BCUT2D eigenvalue weighted by molar-refractivity contribution is -0.144. The number of benzene rings is 3. The third-order valence-corrected chi connectivity index (χ3v) is 8.61. The van der Waals surface area contributed by atoms with Crippen LogP contribution in [-0.4, -0.2) is 38.2 Å². The summed E-state index contributed by atoms with van der Waals surface area (Å²) in [7, 11) is -2.99. The minimum Gasteiger partial charge on any atom is -0.478 e. The van der Waals surface area contributed by atoms with Gasteiger partial charge in [-0.25, -0.2) is 9.48 Å². The van der Waals surface area contributed by atoms with Crippen molar-refractivity contribution in [1.29, 1.82) is 0 Å². The van der Waals surface area contributed by atoms with E-state index in [0.29, 0.717) is 22.8 Å². The van der Waals surface area contributed by atoms with Crippen LogP contribution in [0.2, 0.25) is 0 Å². The molecule has 1 aromatic heterocycles. The molecule has 1 heterocycles. The van der Waals surface area contributed by atoms with Crippen LogP contribution in [0.25, 0.3) is 0 Å². The van der Waals surface area contributed by atoms with E-state index in [1.165, 1.54) is 12.1 Å². The predicted octanol–water partition coefficient (Wildman–Crippen LogP) is 3.47. The number of aromatic nitrogens is 3. The van der Waals surface area contributed by atoms with Gasteiger partial charge in [0.25, 0.3) is 0 Å². The van der Waals surface area contributed by atoms with Crippen LogP contribution in [0.5, 0.6) is 0 Å². The van der Waals surface area contributed by atoms with Gasteiger partial charge in [-0.15, -0.1) is 5.10 Å². The summed E-state index contributed by atoms with van der Waals surface area (Å²) in [6.45, 7) is 0.357. The number of carbonyl (C=O) groups is 2. The molecule has 0 atom stereocenters. The lowest BCUT2D eigenvalue weighted by atomic mass is 10.1. The molecular weight excluding hydrogens is 465 g/mol. The van der Waals surface area contributed by atoms with Gasteiger partial charge in [0.1, 0.15) is 19.4 Å². The molecule has 0 amide bonds. The van der Waals surface area contributed by atoms with E-state index in [-0.39, 0.29) is 24.8 Å². The number of esters is 1. The number of hydrogen-bond acceptors (Lipinski definition) is 6. The van der Waals surface area contributed by atoms with Crippen LogP contribution < -0.4 is 10.6 Å². The second-order valence-corrected chi connectivity index (χ2v) is 10.9. The molecule has 0 fully saturated rings. The average molecular weight is 489 g/mol. The van der Waals surface area contributed by atoms with Crippen LogP contribution in [0.1, 0.15) is 28.0 Å². The maximum Gasteiger partial charge on any atom is 0.335 e. The molecule has 0 saturated carbocycles. The number of rotatable bonds is 10. The summed E-state index contributed by atoms with van der Waals surface area (Å²) < 4.78 is 20.9. The van der Waals surface area contributed by atoms with Crippen molar-refractivity contribution in [2.75, 3.05) is 6.16 Å². The number of hydrogen-bond donors (Lipinski definition) is 1. The zero-order valence-corrected chi connectivity index (χ0v) is 19.8. The van der Waals surface area contributed by atoms with Gasteiger partial charge in [0.15, 0.2) is 0 Å². The molecule has 35 heavy (non-hydrogen) atoms. The summed E-state index contributed by atoms with van der Waals surface area (Å²) in [5.41, 5.74) is 1.56. The van der Waals surface area contributed by atoms with Gasteiger partial charge >= 0.3 is 11.9 Å². The molecular formula is C26H24N3O5P. The summed E-state index contributed by atoms with van der Waals surface area (Å²) >= 11 is 0. The SMILES string of the molecule is O=C(CCP(=O)(c1ccccc1)c1ccccc1)OCc1cn(Cc2ccc(C(=O)O)cc2)nn1. The van der Waals surface area contributed by atoms with E-state index in [1.54, 1.807) is 23.0 Å². The smallest absolute Gasteiger partial charge is 0.335 e. The Bertz CT molecular complexity index is 1290. The Morgan fingerprint density at radius 1 is 0.886 bits per heavy atom. The molecule has 4 rings (SSSR count). The number of carbonyl (C=O) groups excluding carboxylic acids is 1. The second kappa shape index (κ2) is 10.9. The van der Waals surface area contributed by atoms with Crippen molar-refractivity contribution < 1.29 is 24.0 Å². The van der Waals surface area contributed by atoms with E-state index in [0.717, 1.165) is 5.56 Å². The largest absolute Gasteiger partial charge is 0.478 e. The summed E-state index contributed by atoms with van der Waals surface area (Å²) in [6.07, 6.45) is 1.83. The predicted molar refractivity (Wildman–Crippen MR) is 132 cm³/mol. The normalized spacial score (nSPS) is 11.2. The maximum atomic E-state index is 14.0. The Hall–Kier alpha value is -4.03. The minimum atomic E-state index is -2.99. The quantitative estimate of drug-likeness (QED) is 0.268. The summed E-state index contributed by atoms with van der Waals surface area (Å²) in [5.74, 6) is -1.44. The van der Waals surface area contributed by atoms with Crippen molar-refractivity contribution in [2.24, 2.45) is 0 Å². The highest BCUT2D eigenvalue weighted by molar-refractivity contribution is 7.78. The Morgan fingerprint density at radius 2 is 1.49 bits per heavy atom. The summed E-state index contributed by atoms with van der Waals surface area (Å²) in [6, 6.07) is 24.9. The second-order valence-electron chi connectivity index (χ2n) is 7.95. The van der Waals surface area contributed by atoms with Gasteiger partial charge in [-0.1, -0.05) is 78.0 Å². The Balaban J connectivity index is 1.34. The maximum absolute atomic E-state index is 14.0. The number of ether oxygens (including phenoxy) is 1. The number of aromatic carboxylic acids is 1. The van der Waals surface area contributed by atoms with Crippen molar-refractivity contribution in [1.82, 2.24) is 15.0 Å². The molecule has 0 radical (unpaired) electrons. The van der Waals surface area contributed by atoms with Crippen LogP contribution in [0, 0.1) is 0 Å². The number of carboxylic acid groups (broad SMARTS) is 1. The van der Waals surface area contributed by atoms with Gasteiger partial charge in [0.05, 0.1) is 24.7 Å². The van der Waals surface area contributed by atoms with Crippen molar-refractivity contribution in [3.8, 4) is 0 Å². The van der Waals surface area contributed by atoms with Crippen molar-refractivity contribution in [3.05, 3.63) is 108 Å². The number of carboxylic acids is 1. The van der Waals surface area contributed by atoms with E-state index in [4.69, 9.17) is 9.84 Å². The lowest BCUT2D eigenvalue weighted by Crippen LogP contribution is -2.20. The van der Waals surface area contributed by atoms with Crippen LogP contribution in [-0.2, 0) is 27.2 Å². The van der Waals surface area contributed by atoms with Crippen molar-refractivity contribution in [3.63, 3.8) is 0 Å². The van der Waals surface area contributed by atoms with Gasteiger partial charge in [0.2, 0.25) is 0 Å². The molecule has 0 bridgehead atoms. The molecule has 0 saturated heterocycles. The summed E-state index contributed by atoms with van der Waals surface area (Å²) in [4.78, 5) is 23.4. The zero-order chi connectivity index (χ0) is 24.7. The Kier molecular flexibility index (Phi) is 7.53. The van der Waals surface area contributed by atoms with Crippen molar-refractivity contribution in [2.45, 2.75) is 19.6 Å². The molecule has 0 aliphatic rings. The fourth-order valence-electron chi connectivity index (χ4n) is 3.64. The highest BCUT2D eigenvalue weighted by atomic mass is 31.2. The Morgan fingerprint density at radius 3 is 2.06 bits per heavy atom. The van der Waals surface area contributed by atoms with Gasteiger partial charge < -0.3 is 14.4 Å². The minimum absolute atomic E-state index is 0.00509. The van der Waals surface area contributed by atoms with E-state index in [1.807, 2.05) is 60.7 Å². The Labute approximate surface area is 202 Å². The molecule has 8 nitrogen and oxygen atoms in total. The molecule has 1 N–H and O–H groups in total. The van der Waals surface area contributed by atoms with Crippen LogP contribution in [0.3, 0.4) is 0 Å². The molecule has 3 aromatic carbocycles. The van der Waals surface area contributed by atoms with Gasteiger partial charge in [0, 0.05) is 16.8 Å². The fourth-order valence-corrected chi connectivity index (χ4v) is 6.26. The van der Waals surface area contributed by atoms with Crippen LogP contribution in [0.15, 0.2) is 91.1 Å². The molecule has 0 aliphatic carbocycles. The fraction of sp³-hybridized carbons (Fsp3) is 0.154. The van der Waals surface area contributed by atoms with E-state index in [9.17, 15) is 14.2 Å². The zero-order valence-electron chi connectivity index (χ0n) is 18.9. The monoisotopic (exact) mass is 489 g/mol. The van der Waals surface area contributed by atoms with Gasteiger partial charge in [-0.2, -0.15) is 0 Å². The van der Waals surface area contributed by atoms with E-state index < -0.39 is 19.1 Å². The molecule has 9 heteroatoms. The first-order valence-electron chi connectivity index (χ1n) is 11.0. The standard InChI is InChI=1S/C26H24N3O5P/c30-25(15-16-35(33,23-7-3-1-4-8-23)24-9-5-2-6-10-24)34-19-22-18-29(28-27-22)17-20-11-13-21(14-12-20)26(31)32/h1-14,18H,15-17,19H2,(H,31,32). The molecule has 178 valence electrons. The van der Waals surface area contributed by atoms with E-state index in [2.05, 4.69) is 10.3 Å². The van der Waals surface area contributed by atoms with Gasteiger partial charge in [-0.05, 0) is 17.7 Å². The third kappa shape index (κ3) is 6.11. The third-order valence-electron chi connectivity index (χ3n) is 5.49.